The predicted octanol–water partition coefficient (Wildman–Crippen LogP) is 3.10. The molecule has 1 saturated carbocycles. The van der Waals surface area contributed by atoms with Crippen LogP contribution in [0.2, 0.25) is 0 Å². The third kappa shape index (κ3) is 3.78. The molecule has 0 radical (unpaired) electrons. The third-order valence-corrected chi connectivity index (χ3v) is 4.68. The number of carbonyl (C=O) groups is 1. The fraction of sp³-hybridized carbons (Fsp3) is 0.917. The summed E-state index contributed by atoms with van der Waals surface area (Å²) in [7, 11) is 0. The summed E-state index contributed by atoms with van der Waals surface area (Å²) in [6.45, 7) is 7.19. The van der Waals surface area contributed by atoms with Crippen LogP contribution in [0.3, 0.4) is 0 Å². The molecule has 15 heavy (non-hydrogen) atoms. The van der Waals surface area contributed by atoms with E-state index in [0.29, 0.717) is 11.3 Å². The topological polar surface area (TPSA) is 29.1 Å². The summed E-state index contributed by atoms with van der Waals surface area (Å²) in [4.78, 5) is 11.7. The van der Waals surface area contributed by atoms with Crippen LogP contribution < -0.4 is 5.32 Å². The Bertz CT molecular complexity index is 224. The van der Waals surface area contributed by atoms with Gasteiger partial charge in [0.15, 0.2) is 0 Å². The highest BCUT2D eigenvalue weighted by atomic mass is 79.9. The van der Waals surface area contributed by atoms with E-state index in [1.165, 1.54) is 25.7 Å². The predicted molar refractivity (Wildman–Crippen MR) is 67.1 cm³/mol. The van der Waals surface area contributed by atoms with Crippen LogP contribution >= 0.6 is 15.9 Å². The molecular weight excluding hydrogens is 254 g/mol. The van der Waals surface area contributed by atoms with Crippen molar-refractivity contribution in [2.75, 3.05) is 6.54 Å². The fourth-order valence-electron chi connectivity index (χ4n) is 1.90. The van der Waals surface area contributed by atoms with Crippen LogP contribution in [0.15, 0.2) is 0 Å². The van der Waals surface area contributed by atoms with Gasteiger partial charge in [-0.1, -0.05) is 43.1 Å². The minimum Gasteiger partial charge on any atom is -0.355 e. The van der Waals surface area contributed by atoms with Crippen LogP contribution in [-0.4, -0.2) is 17.3 Å². The first-order valence-corrected chi connectivity index (χ1v) is 6.84. The second-order valence-electron chi connectivity index (χ2n) is 5.11. The molecule has 1 fully saturated rings. The Morgan fingerprint density at radius 3 is 2.47 bits per heavy atom. The Morgan fingerprint density at radius 1 is 1.47 bits per heavy atom. The fourth-order valence-corrected chi connectivity index (χ4v) is 2.06. The second-order valence-corrected chi connectivity index (χ2v) is 6.10. The summed E-state index contributed by atoms with van der Waals surface area (Å²) < 4.78 is 0. The molecular formula is C12H22BrNO. The van der Waals surface area contributed by atoms with Gasteiger partial charge in [-0.05, 0) is 30.6 Å². The van der Waals surface area contributed by atoms with Crippen LogP contribution in [0, 0.1) is 11.3 Å². The van der Waals surface area contributed by atoms with E-state index in [1.807, 2.05) is 0 Å². The lowest BCUT2D eigenvalue weighted by molar-refractivity contribution is -0.121. The number of hydrogen-bond donors (Lipinski definition) is 1. The first-order chi connectivity index (χ1) is 7.01. The van der Waals surface area contributed by atoms with Crippen LogP contribution in [-0.2, 0) is 4.79 Å². The van der Waals surface area contributed by atoms with Gasteiger partial charge in [0, 0.05) is 6.54 Å². The largest absolute Gasteiger partial charge is 0.355 e. The number of amides is 1. The summed E-state index contributed by atoms with van der Waals surface area (Å²) in [6.07, 6.45) is 5.05. The molecule has 0 saturated heterocycles. The molecule has 88 valence electrons. The first-order valence-electron chi connectivity index (χ1n) is 5.92. The Kier molecular flexibility index (Phi) is 4.63. The Hall–Kier alpha value is -0.0500. The molecule has 1 rings (SSSR count). The quantitative estimate of drug-likeness (QED) is 0.742. The summed E-state index contributed by atoms with van der Waals surface area (Å²) in [5.41, 5.74) is 0.452. The molecule has 0 aromatic heterocycles. The zero-order valence-corrected chi connectivity index (χ0v) is 11.6. The molecule has 0 aromatic rings. The molecule has 2 nitrogen and oxygen atoms in total. The summed E-state index contributed by atoms with van der Waals surface area (Å²) in [5, 5.41) is 3.07. The van der Waals surface area contributed by atoms with E-state index in [1.54, 1.807) is 0 Å². The maximum absolute atomic E-state index is 11.7. The van der Waals surface area contributed by atoms with Gasteiger partial charge in [-0.3, -0.25) is 4.79 Å². The van der Waals surface area contributed by atoms with E-state index in [0.717, 1.165) is 6.54 Å². The molecule has 1 unspecified atom stereocenters. The Labute approximate surface area is 101 Å². The van der Waals surface area contributed by atoms with Crippen LogP contribution in [0.5, 0.6) is 0 Å². The average Bonchev–Trinajstić information content (AvgIpc) is 2.94. The maximum atomic E-state index is 11.7. The van der Waals surface area contributed by atoms with E-state index in [-0.39, 0.29) is 10.7 Å². The SMILES string of the molecule is CCCC1(CNC(=O)C(Br)C(C)C)CC1. The van der Waals surface area contributed by atoms with Gasteiger partial charge in [0.05, 0.1) is 4.83 Å². The number of nitrogens with one attached hydrogen (secondary N) is 1. The molecule has 1 aliphatic carbocycles. The van der Waals surface area contributed by atoms with Crippen molar-refractivity contribution in [2.24, 2.45) is 11.3 Å². The zero-order chi connectivity index (χ0) is 11.5. The van der Waals surface area contributed by atoms with Gasteiger partial charge in [0.2, 0.25) is 5.91 Å². The van der Waals surface area contributed by atoms with E-state index in [2.05, 4.69) is 42.0 Å². The standard InChI is InChI=1S/C12H22BrNO/c1-4-5-12(6-7-12)8-14-11(15)10(13)9(2)3/h9-10H,4-8H2,1-3H3,(H,14,15). The lowest BCUT2D eigenvalue weighted by atomic mass is 10.0. The van der Waals surface area contributed by atoms with Gasteiger partial charge >= 0.3 is 0 Å². The minimum atomic E-state index is -0.0464. The molecule has 0 aliphatic heterocycles. The van der Waals surface area contributed by atoms with Gasteiger partial charge in [0.1, 0.15) is 0 Å². The molecule has 1 amide bonds. The van der Waals surface area contributed by atoms with Crippen LogP contribution in [0.25, 0.3) is 0 Å². The Morgan fingerprint density at radius 2 is 2.07 bits per heavy atom. The second kappa shape index (κ2) is 5.33. The van der Waals surface area contributed by atoms with Gasteiger partial charge in [-0.15, -0.1) is 0 Å². The number of carbonyl (C=O) groups excluding carboxylic acids is 1. The molecule has 0 bridgehead atoms. The first kappa shape index (κ1) is 13.0. The lowest BCUT2D eigenvalue weighted by Gasteiger charge is -2.18. The van der Waals surface area contributed by atoms with Crippen molar-refractivity contribution in [1.82, 2.24) is 5.32 Å². The average molecular weight is 276 g/mol. The highest BCUT2D eigenvalue weighted by molar-refractivity contribution is 9.10. The van der Waals surface area contributed by atoms with E-state index in [9.17, 15) is 4.79 Å². The maximum Gasteiger partial charge on any atom is 0.234 e. The van der Waals surface area contributed by atoms with Crippen LogP contribution in [0.4, 0.5) is 0 Å². The normalized spacial score (nSPS) is 20.1. The summed E-state index contributed by atoms with van der Waals surface area (Å²) in [5.74, 6) is 0.499. The van der Waals surface area contributed by atoms with Crippen molar-refractivity contribution in [3.8, 4) is 0 Å². The monoisotopic (exact) mass is 275 g/mol. The van der Waals surface area contributed by atoms with E-state index < -0.39 is 0 Å². The van der Waals surface area contributed by atoms with Crippen molar-refractivity contribution < 1.29 is 4.79 Å². The van der Waals surface area contributed by atoms with Crippen molar-refractivity contribution in [1.29, 1.82) is 0 Å². The highest BCUT2D eigenvalue weighted by Crippen LogP contribution is 2.48. The number of hydrogen-bond acceptors (Lipinski definition) is 1. The minimum absolute atomic E-state index is 0.0464. The van der Waals surface area contributed by atoms with Crippen molar-refractivity contribution in [3.05, 3.63) is 0 Å². The van der Waals surface area contributed by atoms with Gasteiger partial charge < -0.3 is 5.32 Å². The number of halogens is 1. The summed E-state index contributed by atoms with van der Waals surface area (Å²) in [6, 6.07) is 0. The van der Waals surface area contributed by atoms with Gasteiger partial charge in [0.25, 0.3) is 0 Å². The zero-order valence-electron chi connectivity index (χ0n) is 9.98. The molecule has 1 aliphatic rings. The summed E-state index contributed by atoms with van der Waals surface area (Å²) >= 11 is 3.42. The highest BCUT2D eigenvalue weighted by Gasteiger charge is 2.41. The van der Waals surface area contributed by atoms with Gasteiger partial charge in [-0.2, -0.15) is 0 Å². The number of alkyl halides is 1. The van der Waals surface area contributed by atoms with Crippen molar-refractivity contribution in [3.63, 3.8) is 0 Å². The molecule has 0 aromatic carbocycles. The number of rotatable bonds is 6. The molecule has 1 N–H and O–H groups in total. The smallest absolute Gasteiger partial charge is 0.234 e. The van der Waals surface area contributed by atoms with Crippen molar-refractivity contribution in [2.45, 2.75) is 51.3 Å². The van der Waals surface area contributed by atoms with E-state index >= 15 is 0 Å². The Balaban J connectivity index is 2.28. The molecule has 1 atom stereocenters. The third-order valence-electron chi connectivity index (χ3n) is 3.21. The lowest BCUT2D eigenvalue weighted by Crippen LogP contribution is -2.37. The molecule has 0 spiro atoms. The van der Waals surface area contributed by atoms with Crippen LogP contribution in [0.1, 0.15) is 46.5 Å². The molecule has 0 heterocycles. The molecule has 3 heteroatoms. The van der Waals surface area contributed by atoms with Crippen molar-refractivity contribution >= 4 is 21.8 Å². The van der Waals surface area contributed by atoms with Gasteiger partial charge in [-0.25, -0.2) is 0 Å². The van der Waals surface area contributed by atoms with E-state index in [4.69, 9.17) is 0 Å².